The zero-order valence-corrected chi connectivity index (χ0v) is 21.8. The molecule has 1 saturated carbocycles. The smallest absolute Gasteiger partial charge is 0.264 e. The summed E-state index contributed by atoms with van der Waals surface area (Å²) in [7, 11) is -3.68. The number of benzene rings is 1. The molecule has 2 aromatic rings. The molecule has 1 aromatic heterocycles. The SMILES string of the molecule is C[C@H](O)C(C)(C)S(=O)(=O)C1(CN2CCc3c(C(=O)NCc4ccc(Cl)cc4)csc3C2=O)CC1. The van der Waals surface area contributed by atoms with E-state index in [1.165, 1.54) is 32.1 Å². The summed E-state index contributed by atoms with van der Waals surface area (Å²) in [6.07, 6.45) is 0.421. The summed E-state index contributed by atoms with van der Waals surface area (Å²) in [5.41, 5.74) is 2.13. The maximum absolute atomic E-state index is 13.3. The summed E-state index contributed by atoms with van der Waals surface area (Å²) in [6, 6.07) is 7.21. The first-order valence-electron chi connectivity index (χ1n) is 11.2. The van der Waals surface area contributed by atoms with E-state index in [2.05, 4.69) is 5.32 Å². The number of carbonyl (C=O) groups is 2. The van der Waals surface area contributed by atoms with E-state index < -0.39 is 25.4 Å². The highest BCUT2D eigenvalue weighted by molar-refractivity contribution is 7.94. The van der Waals surface area contributed by atoms with Crippen molar-refractivity contribution in [1.29, 1.82) is 0 Å². The molecule has 184 valence electrons. The van der Waals surface area contributed by atoms with E-state index in [4.69, 9.17) is 11.6 Å². The van der Waals surface area contributed by atoms with Gasteiger partial charge in [0.1, 0.15) is 0 Å². The van der Waals surface area contributed by atoms with Gasteiger partial charge in [-0.05, 0) is 63.3 Å². The van der Waals surface area contributed by atoms with Crippen LogP contribution in [0.1, 0.15) is 64.8 Å². The number of thiophene rings is 1. The van der Waals surface area contributed by atoms with Crippen molar-refractivity contribution in [3.8, 4) is 0 Å². The Morgan fingerprint density at radius 2 is 1.94 bits per heavy atom. The van der Waals surface area contributed by atoms with Crippen LogP contribution in [0.2, 0.25) is 5.02 Å². The average molecular weight is 525 g/mol. The van der Waals surface area contributed by atoms with Crippen LogP contribution in [0.3, 0.4) is 0 Å². The first-order chi connectivity index (χ1) is 15.9. The predicted molar refractivity (Wildman–Crippen MR) is 133 cm³/mol. The number of hydrogen-bond acceptors (Lipinski definition) is 6. The van der Waals surface area contributed by atoms with Gasteiger partial charge >= 0.3 is 0 Å². The number of halogens is 1. The Bertz CT molecular complexity index is 1210. The highest BCUT2D eigenvalue weighted by Crippen LogP contribution is 2.50. The fraction of sp³-hybridized carbons (Fsp3) is 0.500. The normalized spacial score (nSPS) is 18.4. The monoisotopic (exact) mass is 524 g/mol. The Morgan fingerprint density at radius 3 is 2.53 bits per heavy atom. The summed E-state index contributed by atoms with van der Waals surface area (Å²) in [6.45, 7) is 5.37. The third kappa shape index (κ3) is 4.27. The van der Waals surface area contributed by atoms with Crippen LogP contribution in [0.4, 0.5) is 0 Å². The van der Waals surface area contributed by atoms with E-state index in [0.717, 1.165) is 11.1 Å². The Balaban J connectivity index is 1.47. The third-order valence-corrected chi connectivity index (χ3v) is 11.8. The number of nitrogens with one attached hydrogen (secondary N) is 1. The predicted octanol–water partition coefficient (Wildman–Crippen LogP) is 3.44. The van der Waals surface area contributed by atoms with E-state index >= 15 is 0 Å². The van der Waals surface area contributed by atoms with Gasteiger partial charge in [-0.2, -0.15) is 0 Å². The highest BCUT2D eigenvalue weighted by Gasteiger charge is 2.62. The van der Waals surface area contributed by atoms with Crippen LogP contribution in [-0.2, 0) is 22.8 Å². The Labute approximate surface area is 209 Å². The average Bonchev–Trinajstić information content (AvgIpc) is 3.45. The van der Waals surface area contributed by atoms with Crippen molar-refractivity contribution in [1.82, 2.24) is 10.2 Å². The summed E-state index contributed by atoms with van der Waals surface area (Å²) in [5, 5.41) is 15.3. The number of nitrogens with zero attached hydrogens (tertiary/aromatic N) is 1. The molecule has 0 bridgehead atoms. The molecule has 34 heavy (non-hydrogen) atoms. The van der Waals surface area contributed by atoms with Gasteiger partial charge in [-0.25, -0.2) is 8.42 Å². The van der Waals surface area contributed by atoms with Gasteiger partial charge < -0.3 is 15.3 Å². The third-order valence-electron chi connectivity index (χ3n) is 7.17. The second-order valence-corrected chi connectivity index (χ2v) is 13.9. The van der Waals surface area contributed by atoms with Gasteiger partial charge in [-0.1, -0.05) is 23.7 Å². The Kier molecular flexibility index (Phi) is 6.61. The molecular formula is C24H29ClN2O5S2. The molecule has 2 aliphatic rings. The van der Waals surface area contributed by atoms with Crippen molar-refractivity contribution in [3.63, 3.8) is 0 Å². The Hall–Kier alpha value is -1.94. The van der Waals surface area contributed by atoms with Crippen molar-refractivity contribution in [2.45, 2.75) is 62.2 Å². The number of hydrogen-bond donors (Lipinski definition) is 2. The number of aliphatic hydroxyl groups excluding tert-OH is 1. The molecule has 10 heteroatoms. The minimum Gasteiger partial charge on any atom is -0.392 e. The van der Waals surface area contributed by atoms with Crippen LogP contribution in [0, 0.1) is 0 Å². The van der Waals surface area contributed by atoms with Crippen molar-refractivity contribution in [2.24, 2.45) is 0 Å². The molecule has 2 heterocycles. The van der Waals surface area contributed by atoms with Crippen LogP contribution in [-0.4, -0.2) is 58.9 Å². The molecular weight excluding hydrogens is 496 g/mol. The van der Waals surface area contributed by atoms with Gasteiger partial charge in [0.2, 0.25) is 0 Å². The first kappa shape index (κ1) is 25.2. The van der Waals surface area contributed by atoms with E-state index in [1.807, 2.05) is 12.1 Å². The fourth-order valence-corrected chi connectivity index (χ4v) is 8.03. The van der Waals surface area contributed by atoms with Gasteiger partial charge in [0.05, 0.1) is 26.0 Å². The topological polar surface area (TPSA) is 104 Å². The van der Waals surface area contributed by atoms with Crippen molar-refractivity contribution >= 4 is 44.6 Å². The second kappa shape index (κ2) is 8.93. The van der Waals surface area contributed by atoms with Crippen LogP contribution in [0.25, 0.3) is 0 Å². The maximum Gasteiger partial charge on any atom is 0.264 e. The molecule has 1 aliphatic heterocycles. The number of carbonyl (C=O) groups excluding carboxylic acids is 2. The zero-order chi connectivity index (χ0) is 24.9. The van der Waals surface area contributed by atoms with Gasteiger partial charge in [-0.15, -0.1) is 11.3 Å². The molecule has 0 unspecified atom stereocenters. The van der Waals surface area contributed by atoms with Gasteiger partial charge in [0.15, 0.2) is 9.84 Å². The molecule has 0 saturated heterocycles. The maximum atomic E-state index is 13.3. The van der Waals surface area contributed by atoms with Crippen LogP contribution >= 0.6 is 22.9 Å². The lowest BCUT2D eigenvalue weighted by atomic mass is 10.0. The lowest BCUT2D eigenvalue weighted by Crippen LogP contribution is -2.53. The highest BCUT2D eigenvalue weighted by atomic mass is 35.5. The fourth-order valence-electron chi connectivity index (χ4n) is 4.30. The Morgan fingerprint density at radius 1 is 1.29 bits per heavy atom. The summed E-state index contributed by atoms with van der Waals surface area (Å²) in [5.74, 6) is -0.479. The standard InChI is InChI=1S/C24H29ClN2O5S2/c1-15(28)23(2,3)34(31,32)24(9-10-24)14-27-11-8-18-19(13-33-20(18)22(27)30)21(29)26-12-16-4-6-17(25)7-5-16/h4-7,13,15,28H,8-12,14H2,1-3H3,(H,26,29)/t15-/m0/s1. The van der Waals surface area contributed by atoms with Crippen LogP contribution in [0.5, 0.6) is 0 Å². The summed E-state index contributed by atoms with van der Waals surface area (Å²) >= 11 is 7.12. The summed E-state index contributed by atoms with van der Waals surface area (Å²) < 4.78 is 24.4. The summed E-state index contributed by atoms with van der Waals surface area (Å²) in [4.78, 5) is 28.1. The van der Waals surface area contributed by atoms with Crippen molar-refractivity contribution in [3.05, 3.63) is 56.2 Å². The molecule has 7 nitrogen and oxygen atoms in total. The number of rotatable bonds is 8. The van der Waals surface area contributed by atoms with E-state index in [0.29, 0.717) is 47.8 Å². The molecule has 1 atom stereocenters. The molecule has 1 fully saturated rings. The molecule has 1 aromatic carbocycles. The van der Waals surface area contributed by atoms with Gasteiger partial charge in [0, 0.05) is 30.0 Å². The lowest BCUT2D eigenvalue weighted by molar-refractivity contribution is 0.0741. The molecule has 2 N–H and O–H groups in total. The minimum atomic E-state index is -3.68. The molecule has 0 spiro atoms. The van der Waals surface area contributed by atoms with Gasteiger partial charge in [0.25, 0.3) is 11.8 Å². The molecule has 4 rings (SSSR count). The quantitative estimate of drug-likeness (QED) is 0.550. The lowest BCUT2D eigenvalue weighted by Gasteiger charge is -2.36. The number of aliphatic hydroxyl groups is 1. The second-order valence-electron chi connectivity index (χ2n) is 9.71. The van der Waals surface area contributed by atoms with Crippen molar-refractivity contribution in [2.75, 3.05) is 13.1 Å². The largest absolute Gasteiger partial charge is 0.392 e. The van der Waals surface area contributed by atoms with E-state index in [-0.39, 0.29) is 18.4 Å². The van der Waals surface area contributed by atoms with Crippen LogP contribution in [0.15, 0.2) is 29.6 Å². The number of sulfone groups is 1. The zero-order valence-electron chi connectivity index (χ0n) is 19.4. The molecule has 0 radical (unpaired) electrons. The number of fused-ring (bicyclic) bond motifs is 1. The van der Waals surface area contributed by atoms with E-state index in [9.17, 15) is 23.1 Å². The molecule has 2 amide bonds. The van der Waals surface area contributed by atoms with Gasteiger partial charge in [-0.3, -0.25) is 9.59 Å². The minimum absolute atomic E-state index is 0.111. The van der Waals surface area contributed by atoms with E-state index in [1.54, 1.807) is 22.4 Å². The van der Waals surface area contributed by atoms with Crippen molar-refractivity contribution < 1.29 is 23.1 Å². The molecule has 1 aliphatic carbocycles. The number of amides is 2. The van der Waals surface area contributed by atoms with Crippen LogP contribution < -0.4 is 5.32 Å². The first-order valence-corrected chi connectivity index (χ1v) is 14.0.